The fourth-order valence-corrected chi connectivity index (χ4v) is 3.02. The van der Waals surface area contributed by atoms with E-state index in [1.165, 1.54) is 12.0 Å². The molecule has 1 atom stereocenters. The first-order valence-corrected chi connectivity index (χ1v) is 5.56. The van der Waals surface area contributed by atoms with Crippen molar-refractivity contribution in [3.05, 3.63) is 11.1 Å². The number of imide groups is 1. The van der Waals surface area contributed by atoms with Crippen LogP contribution >= 0.6 is 0 Å². The molecule has 0 aliphatic carbocycles. The van der Waals surface area contributed by atoms with Crippen LogP contribution in [0, 0.1) is 0 Å². The fraction of sp³-hybridized carbons (Fsp3) is 0.636. The standard InChI is InChI=1S/C11H14N2O2/c14-10-6-8(11(15)12-10)7-3-5-13-4-1-2-9(7)13/h9H,1-6H2,(H,12,14,15). The van der Waals surface area contributed by atoms with Crippen LogP contribution in [-0.4, -0.2) is 35.8 Å². The Kier molecular flexibility index (Phi) is 1.92. The third kappa shape index (κ3) is 1.32. The van der Waals surface area contributed by atoms with Crippen LogP contribution in [0.4, 0.5) is 0 Å². The number of carbonyl (C=O) groups excluding carboxylic acids is 2. The Balaban J connectivity index is 1.95. The Morgan fingerprint density at radius 2 is 2.13 bits per heavy atom. The normalized spacial score (nSPS) is 36.1. The van der Waals surface area contributed by atoms with Gasteiger partial charge in [0.05, 0.1) is 6.42 Å². The smallest absolute Gasteiger partial charge is 0.254 e. The van der Waals surface area contributed by atoms with E-state index in [2.05, 4.69) is 10.2 Å². The number of fused-ring (bicyclic) bond motifs is 1. The second-order valence-corrected chi connectivity index (χ2v) is 4.50. The van der Waals surface area contributed by atoms with Crippen LogP contribution in [0.15, 0.2) is 11.1 Å². The molecule has 4 nitrogen and oxygen atoms in total. The molecule has 0 aromatic carbocycles. The highest BCUT2D eigenvalue weighted by atomic mass is 16.2. The largest absolute Gasteiger partial charge is 0.296 e. The number of hydrogen-bond acceptors (Lipinski definition) is 3. The van der Waals surface area contributed by atoms with Gasteiger partial charge in [-0.15, -0.1) is 0 Å². The first kappa shape index (κ1) is 9.09. The van der Waals surface area contributed by atoms with Crippen LogP contribution in [-0.2, 0) is 9.59 Å². The Hall–Kier alpha value is -1.16. The molecule has 0 aromatic heterocycles. The summed E-state index contributed by atoms with van der Waals surface area (Å²) in [5.74, 6) is -0.289. The summed E-state index contributed by atoms with van der Waals surface area (Å²) in [5.41, 5.74) is 1.99. The van der Waals surface area contributed by atoms with Gasteiger partial charge in [0, 0.05) is 18.2 Å². The van der Waals surface area contributed by atoms with Crippen molar-refractivity contribution in [2.24, 2.45) is 0 Å². The van der Waals surface area contributed by atoms with Crippen molar-refractivity contribution >= 4 is 11.8 Å². The van der Waals surface area contributed by atoms with Gasteiger partial charge in [0.2, 0.25) is 5.91 Å². The van der Waals surface area contributed by atoms with Crippen LogP contribution in [0.5, 0.6) is 0 Å². The molecular formula is C11H14N2O2. The molecule has 0 radical (unpaired) electrons. The van der Waals surface area contributed by atoms with E-state index in [4.69, 9.17) is 0 Å². The van der Waals surface area contributed by atoms with Crippen molar-refractivity contribution in [2.75, 3.05) is 13.1 Å². The lowest BCUT2D eigenvalue weighted by Gasteiger charge is -2.15. The third-order valence-electron chi connectivity index (χ3n) is 3.69. The molecule has 4 heteroatoms. The zero-order valence-corrected chi connectivity index (χ0v) is 8.58. The minimum Gasteiger partial charge on any atom is -0.296 e. The minimum atomic E-state index is -0.149. The number of carbonyl (C=O) groups is 2. The summed E-state index contributed by atoms with van der Waals surface area (Å²) >= 11 is 0. The van der Waals surface area contributed by atoms with Gasteiger partial charge in [-0.3, -0.25) is 19.8 Å². The van der Waals surface area contributed by atoms with Gasteiger partial charge >= 0.3 is 0 Å². The summed E-state index contributed by atoms with van der Waals surface area (Å²) < 4.78 is 0. The van der Waals surface area contributed by atoms with Gasteiger partial charge in [0.15, 0.2) is 0 Å². The summed E-state index contributed by atoms with van der Waals surface area (Å²) in [7, 11) is 0. The molecule has 0 bridgehead atoms. The van der Waals surface area contributed by atoms with Crippen molar-refractivity contribution < 1.29 is 9.59 Å². The molecule has 1 N–H and O–H groups in total. The molecule has 15 heavy (non-hydrogen) atoms. The number of hydrogen-bond donors (Lipinski definition) is 1. The Bertz CT molecular complexity index is 373. The van der Waals surface area contributed by atoms with E-state index in [0.717, 1.165) is 31.5 Å². The average Bonchev–Trinajstić information content (AvgIpc) is 2.80. The van der Waals surface area contributed by atoms with Gasteiger partial charge in [-0.25, -0.2) is 0 Å². The quantitative estimate of drug-likeness (QED) is 0.455. The molecule has 2 amide bonds. The lowest BCUT2D eigenvalue weighted by atomic mass is 9.98. The lowest BCUT2D eigenvalue weighted by molar-refractivity contribution is -0.124. The predicted octanol–water partition coefficient (Wildman–Crippen LogP) is 0.198. The monoisotopic (exact) mass is 206 g/mol. The van der Waals surface area contributed by atoms with Gasteiger partial charge in [-0.05, 0) is 31.4 Å². The van der Waals surface area contributed by atoms with Gasteiger partial charge < -0.3 is 0 Å². The van der Waals surface area contributed by atoms with Crippen molar-refractivity contribution in [3.63, 3.8) is 0 Å². The van der Waals surface area contributed by atoms with Crippen molar-refractivity contribution in [3.8, 4) is 0 Å². The van der Waals surface area contributed by atoms with Gasteiger partial charge in [-0.1, -0.05) is 0 Å². The molecule has 0 saturated carbocycles. The number of rotatable bonds is 0. The molecule has 1 unspecified atom stereocenters. The van der Waals surface area contributed by atoms with Crippen LogP contribution in [0.25, 0.3) is 0 Å². The first-order valence-electron chi connectivity index (χ1n) is 5.56. The van der Waals surface area contributed by atoms with Crippen LogP contribution in [0.2, 0.25) is 0 Å². The minimum absolute atomic E-state index is 0.140. The zero-order valence-electron chi connectivity index (χ0n) is 8.58. The van der Waals surface area contributed by atoms with E-state index in [-0.39, 0.29) is 11.8 Å². The highest BCUT2D eigenvalue weighted by Gasteiger charge is 2.38. The zero-order chi connectivity index (χ0) is 10.4. The molecular weight excluding hydrogens is 192 g/mol. The van der Waals surface area contributed by atoms with Crippen molar-refractivity contribution in [2.45, 2.75) is 31.7 Å². The van der Waals surface area contributed by atoms with Crippen LogP contribution in [0.1, 0.15) is 25.7 Å². The molecule has 3 aliphatic rings. The van der Waals surface area contributed by atoms with Gasteiger partial charge in [-0.2, -0.15) is 0 Å². The predicted molar refractivity (Wildman–Crippen MR) is 54.0 cm³/mol. The van der Waals surface area contributed by atoms with E-state index >= 15 is 0 Å². The highest BCUT2D eigenvalue weighted by molar-refractivity contribution is 6.13. The number of nitrogens with zero attached hydrogens (tertiary/aromatic N) is 1. The Morgan fingerprint density at radius 3 is 2.87 bits per heavy atom. The molecule has 3 rings (SSSR count). The Morgan fingerprint density at radius 1 is 1.27 bits per heavy atom. The molecule has 0 spiro atoms. The molecule has 0 aromatic rings. The summed E-state index contributed by atoms with van der Waals surface area (Å²) in [6.45, 7) is 2.21. The SMILES string of the molecule is O=C1CC(=C2CCN3CCCC23)C(=O)N1. The van der Waals surface area contributed by atoms with E-state index in [9.17, 15) is 9.59 Å². The summed E-state index contributed by atoms with van der Waals surface area (Å²) in [6, 6.07) is 0.455. The number of amides is 2. The third-order valence-corrected chi connectivity index (χ3v) is 3.69. The molecule has 3 saturated heterocycles. The number of nitrogens with one attached hydrogen (secondary N) is 1. The maximum atomic E-state index is 11.6. The molecule has 3 fully saturated rings. The second kappa shape index (κ2) is 3.17. The first-order chi connectivity index (χ1) is 7.25. The molecule has 80 valence electrons. The summed E-state index contributed by atoms with van der Waals surface area (Å²) in [4.78, 5) is 25.1. The maximum Gasteiger partial charge on any atom is 0.254 e. The maximum absolute atomic E-state index is 11.6. The highest BCUT2D eigenvalue weighted by Crippen LogP contribution is 2.35. The summed E-state index contributed by atoms with van der Waals surface area (Å²) in [6.07, 6.45) is 3.65. The van der Waals surface area contributed by atoms with Gasteiger partial charge in [0.1, 0.15) is 0 Å². The van der Waals surface area contributed by atoms with E-state index in [0.29, 0.717) is 12.5 Å². The summed E-state index contributed by atoms with van der Waals surface area (Å²) in [5, 5.41) is 2.37. The fourth-order valence-electron chi connectivity index (χ4n) is 3.02. The topological polar surface area (TPSA) is 49.4 Å². The van der Waals surface area contributed by atoms with Crippen LogP contribution < -0.4 is 5.32 Å². The van der Waals surface area contributed by atoms with Crippen molar-refractivity contribution in [1.82, 2.24) is 10.2 Å². The van der Waals surface area contributed by atoms with E-state index in [1.807, 2.05) is 0 Å². The van der Waals surface area contributed by atoms with E-state index in [1.54, 1.807) is 0 Å². The Labute approximate surface area is 88.3 Å². The van der Waals surface area contributed by atoms with Gasteiger partial charge in [0.25, 0.3) is 5.91 Å². The average molecular weight is 206 g/mol. The van der Waals surface area contributed by atoms with Crippen LogP contribution in [0.3, 0.4) is 0 Å². The lowest BCUT2D eigenvalue weighted by Crippen LogP contribution is -2.24. The van der Waals surface area contributed by atoms with Crippen molar-refractivity contribution in [1.29, 1.82) is 0 Å². The molecule has 3 heterocycles. The molecule has 3 aliphatic heterocycles. The van der Waals surface area contributed by atoms with E-state index < -0.39 is 0 Å². The second-order valence-electron chi connectivity index (χ2n) is 4.50.